The minimum absolute atomic E-state index is 0.00716. The van der Waals surface area contributed by atoms with Crippen LogP contribution in [0.4, 0.5) is 0 Å². The number of ether oxygens (including phenoxy) is 2. The molecule has 1 fully saturated rings. The molecule has 1 saturated heterocycles. The summed E-state index contributed by atoms with van der Waals surface area (Å²) in [6.45, 7) is 4.90. The van der Waals surface area contributed by atoms with Gasteiger partial charge >= 0.3 is 5.97 Å². The van der Waals surface area contributed by atoms with Crippen LogP contribution in [-0.4, -0.2) is 57.3 Å². The molecule has 0 bridgehead atoms. The van der Waals surface area contributed by atoms with Crippen molar-refractivity contribution >= 4 is 33.8 Å². The van der Waals surface area contributed by atoms with Gasteiger partial charge in [-0.15, -0.1) is 0 Å². The van der Waals surface area contributed by atoms with Crippen LogP contribution >= 0.6 is 0 Å². The normalized spacial score (nSPS) is 16.7. The Morgan fingerprint density at radius 3 is 2.74 bits per heavy atom. The molecule has 146 valence electrons. The summed E-state index contributed by atoms with van der Waals surface area (Å²) >= 11 is -0.982. The molecule has 1 atom stereocenters. The maximum atomic E-state index is 12.2. The molecule has 1 unspecified atom stereocenters. The zero-order chi connectivity index (χ0) is 19.6. The summed E-state index contributed by atoms with van der Waals surface area (Å²) < 4.78 is 24.6. The Bertz CT molecular complexity index is 857. The maximum absolute atomic E-state index is 12.2. The summed E-state index contributed by atoms with van der Waals surface area (Å²) in [6, 6.07) is 5.20. The van der Waals surface area contributed by atoms with E-state index in [-0.39, 0.29) is 17.7 Å². The van der Waals surface area contributed by atoms with Crippen LogP contribution in [0.15, 0.2) is 24.4 Å². The zero-order valence-electron chi connectivity index (χ0n) is 15.4. The zero-order valence-corrected chi connectivity index (χ0v) is 16.2. The van der Waals surface area contributed by atoms with Crippen LogP contribution in [0.2, 0.25) is 0 Å². The number of benzene rings is 1. The van der Waals surface area contributed by atoms with E-state index in [0.29, 0.717) is 53.5 Å². The third-order valence-electron chi connectivity index (χ3n) is 4.53. The van der Waals surface area contributed by atoms with Gasteiger partial charge < -0.3 is 23.7 Å². The number of carboxylic acid groups (broad SMARTS) is 1. The van der Waals surface area contributed by atoms with Gasteiger partial charge in [0.2, 0.25) is 0 Å². The first-order valence-electron chi connectivity index (χ1n) is 8.68. The van der Waals surface area contributed by atoms with Crippen molar-refractivity contribution in [1.29, 1.82) is 0 Å². The van der Waals surface area contributed by atoms with Crippen molar-refractivity contribution in [2.45, 2.75) is 20.4 Å². The van der Waals surface area contributed by atoms with Crippen LogP contribution in [0.25, 0.3) is 10.9 Å². The average Bonchev–Trinajstić information content (AvgIpc) is 2.91. The van der Waals surface area contributed by atoms with E-state index >= 15 is 0 Å². The lowest BCUT2D eigenvalue weighted by atomic mass is 9.92. The number of nitrogens with zero attached hydrogens (tertiary/aromatic N) is 1. The fourth-order valence-electron chi connectivity index (χ4n) is 3.17. The highest BCUT2D eigenvalue weighted by molar-refractivity contribution is 7.91. The van der Waals surface area contributed by atoms with Crippen LogP contribution in [0, 0.1) is 5.41 Å². The quantitative estimate of drug-likeness (QED) is 0.517. The first kappa shape index (κ1) is 19.7. The Balaban J connectivity index is 1.67. The number of carbonyl (C=O) groups is 2. The minimum Gasteiger partial charge on any atom is -0.616 e. The van der Waals surface area contributed by atoms with E-state index in [1.54, 1.807) is 24.4 Å². The monoisotopic (exact) mass is 393 g/mol. The lowest BCUT2D eigenvalue weighted by Crippen LogP contribution is -2.45. The Kier molecular flexibility index (Phi) is 5.78. The third-order valence-corrected chi connectivity index (χ3v) is 6.17. The summed E-state index contributed by atoms with van der Waals surface area (Å²) in [4.78, 5) is 22.9. The molecule has 1 aromatic carbocycles. The Morgan fingerprint density at radius 1 is 1.41 bits per heavy atom. The smallest absolute Gasteiger partial charge is 0.323 e. The summed E-state index contributed by atoms with van der Waals surface area (Å²) in [5.41, 5.74) is 1.13. The number of carboxylic acids is 1. The first-order chi connectivity index (χ1) is 12.8. The molecule has 1 aliphatic rings. The van der Waals surface area contributed by atoms with E-state index in [2.05, 4.69) is 6.92 Å². The molecule has 1 aliphatic heterocycles. The predicted octanol–water partition coefficient (Wildman–Crippen LogP) is 2.09. The number of aliphatic carboxylic acids is 1. The van der Waals surface area contributed by atoms with Crippen molar-refractivity contribution in [2.75, 3.05) is 31.3 Å². The molecule has 0 radical (unpaired) electrons. The molecule has 0 saturated carbocycles. The van der Waals surface area contributed by atoms with E-state index in [9.17, 15) is 14.1 Å². The second-order valence-corrected chi connectivity index (χ2v) is 8.82. The highest BCUT2D eigenvalue weighted by atomic mass is 32.2. The summed E-state index contributed by atoms with van der Waals surface area (Å²) in [7, 11) is 0. The third kappa shape index (κ3) is 4.63. The molecule has 2 heterocycles. The van der Waals surface area contributed by atoms with Gasteiger partial charge in [-0.2, -0.15) is 0 Å². The lowest BCUT2D eigenvalue weighted by molar-refractivity contribution is -0.137. The molecule has 7 nitrogen and oxygen atoms in total. The van der Waals surface area contributed by atoms with Crippen molar-refractivity contribution in [3.63, 3.8) is 0 Å². The van der Waals surface area contributed by atoms with Crippen molar-refractivity contribution in [1.82, 2.24) is 4.57 Å². The van der Waals surface area contributed by atoms with Crippen molar-refractivity contribution in [2.24, 2.45) is 5.41 Å². The number of ketones is 1. The van der Waals surface area contributed by atoms with Crippen LogP contribution in [0.3, 0.4) is 0 Å². The number of aromatic nitrogens is 1. The van der Waals surface area contributed by atoms with Gasteiger partial charge in [-0.1, -0.05) is 6.92 Å². The number of hydrogen-bond acceptors (Lipinski definition) is 5. The van der Waals surface area contributed by atoms with Gasteiger partial charge in [0.15, 0.2) is 5.78 Å². The number of carbonyl (C=O) groups excluding carboxylic acids is 1. The van der Waals surface area contributed by atoms with Gasteiger partial charge in [0, 0.05) is 22.7 Å². The summed E-state index contributed by atoms with van der Waals surface area (Å²) in [5, 5.41) is 9.69. The van der Waals surface area contributed by atoms with Crippen LogP contribution in [-0.2, 0) is 27.3 Å². The molecule has 0 amide bonds. The topological polar surface area (TPSA) is 101 Å². The Labute approximate surface area is 160 Å². The molecular weight excluding hydrogens is 370 g/mol. The Hall–Kier alpha value is -2.03. The van der Waals surface area contributed by atoms with Crippen molar-refractivity contribution in [3.8, 4) is 5.75 Å². The molecule has 1 aromatic heterocycles. The van der Waals surface area contributed by atoms with Gasteiger partial charge in [0.1, 0.15) is 30.4 Å². The number of Topliss-reactive ketones (excluding diaryl/α,β-unsaturated/α-hetero) is 1. The maximum Gasteiger partial charge on any atom is 0.323 e. The molecule has 2 aromatic rings. The van der Waals surface area contributed by atoms with Gasteiger partial charge in [0.05, 0.1) is 18.6 Å². The summed E-state index contributed by atoms with van der Waals surface area (Å²) in [5.74, 6) is 0.469. The number of hydrogen-bond donors (Lipinski definition) is 1. The van der Waals surface area contributed by atoms with Gasteiger partial charge in [-0.05, 0) is 36.3 Å². The summed E-state index contributed by atoms with van der Waals surface area (Å²) in [6.07, 6.45) is 1.56. The molecule has 0 spiro atoms. The highest BCUT2D eigenvalue weighted by Gasteiger charge is 2.37. The van der Waals surface area contributed by atoms with Crippen LogP contribution < -0.4 is 4.74 Å². The molecule has 8 heteroatoms. The largest absolute Gasteiger partial charge is 0.616 e. The molecular formula is C19H23NO6S. The predicted molar refractivity (Wildman–Crippen MR) is 102 cm³/mol. The fraction of sp³-hybridized carbons (Fsp3) is 0.474. The standard InChI is InChI=1S/C19H23NO6S/c1-13(21)16-8-20(9-18(22)23)17-4-3-14(7-15(16)17)26-5-6-27(24)12-19(2)10-25-11-19/h3-4,7-8H,5-6,9-12H2,1-2H3,(H,22,23). The highest BCUT2D eigenvalue weighted by Crippen LogP contribution is 2.29. The molecule has 3 rings (SSSR count). The van der Waals surface area contributed by atoms with E-state index in [1.807, 2.05) is 0 Å². The Morgan fingerprint density at radius 2 is 2.15 bits per heavy atom. The average molecular weight is 393 g/mol. The molecule has 27 heavy (non-hydrogen) atoms. The van der Waals surface area contributed by atoms with Gasteiger partial charge in [-0.25, -0.2) is 0 Å². The number of fused-ring (bicyclic) bond motifs is 1. The van der Waals surface area contributed by atoms with E-state index < -0.39 is 17.1 Å². The van der Waals surface area contributed by atoms with Gasteiger partial charge in [0.25, 0.3) is 0 Å². The van der Waals surface area contributed by atoms with Crippen LogP contribution in [0.1, 0.15) is 24.2 Å². The van der Waals surface area contributed by atoms with E-state index in [4.69, 9.17) is 14.6 Å². The van der Waals surface area contributed by atoms with E-state index in [0.717, 1.165) is 0 Å². The second kappa shape index (κ2) is 7.92. The second-order valence-electron chi connectivity index (χ2n) is 7.24. The van der Waals surface area contributed by atoms with Crippen molar-refractivity contribution < 1.29 is 28.7 Å². The molecule has 1 N–H and O–H groups in total. The molecule has 0 aliphatic carbocycles. The van der Waals surface area contributed by atoms with Crippen LogP contribution in [0.5, 0.6) is 5.75 Å². The number of rotatable bonds is 9. The first-order valence-corrected chi connectivity index (χ1v) is 10.2. The van der Waals surface area contributed by atoms with Gasteiger partial charge in [-0.3, -0.25) is 9.59 Å². The fourth-order valence-corrected chi connectivity index (χ4v) is 4.53. The SMILES string of the molecule is CC(=O)c1cn(CC(=O)O)c2ccc(OCC[S+]([O-])CC3(C)COC3)cc12. The minimum atomic E-state index is -0.982. The lowest BCUT2D eigenvalue weighted by Gasteiger charge is -2.37. The van der Waals surface area contributed by atoms with Crippen molar-refractivity contribution in [3.05, 3.63) is 30.0 Å². The van der Waals surface area contributed by atoms with E-state index in [1.165, 1.54) is 11.5 Å².